The monoisotopic (exact) mass is 239 g/mol. The van der Waals surface area contributed by atoms with Crippen LogP contribution in [0.4, 0.5) is 11.4 Å². The highest BCUT2D eigenvalue weighted by molar-refractivity contribution is 5.66. The Morgan fingerprint density at radius 1 is 1.41 bits per heavy atom. The van der Waals surface area contributed by atoms with Crippen molar-refractivity contribution in [3.8, 4) is 0 Å². The number of para-hydroxylation sites is 1. The van der Waals surface area contributed by atoms with Crippen LogP contribution in [0.25, 0.3) is 0 Å². The average molecular weight is 239 g/mol. The summed E-state index contributed by atoms with van der Waals surface area (Å²) in [6.07, 6.45) is 1.70. The number of hydrogen-bond donors (Lipinski definition) is 3. The van der Waals surface area contributed by atoms with Gasteiger partial charge < -0.3 is 16.2 Å². The number of unbranched alkanes of at least 4 members (excludes halogenated alkanes) is 1. The summed E-state index contributed by atoms with van der Waals surface area (Å²) in [7, 11) is 0. The van der Waals surface area contributed by atoms with Gasteiger partial charge in [0.25, 0.3) is 5.69 Å². The van der Waals surface area contributed by atoms with Gasteiger partial charge in [-0.3, -0.25) is 10.1 Å². The van der Waals surface area contributed by atoms with Crippen LogP contribution in [-0.4, -0.2) is 23.1 Å². The summed E-state index contributed by atoms with van der Waals surface area (Å²) in [5.74, 6) is 0. The molecule has 6 heteroatoms. The molecule has 1 aromatic carbocycles. The molecule has 0 atom stereocenters. The number of aliphatic hydroxyl groups excluding tert-OH is 1. The smallest absolute Gasteiger partial charge is 0.292 e. The Morgan fingerprint density at radius 3 is 2.76 bits per heavy atom. The lowest BCUT2D eigenvalue weighted by atomic mass is 10.1. The van der Waals surface area contributed by atoms with Crippen molar-refractivity contribution < 1.29 is 10.0 Å². The van der Waals surface area contributed by atoms with Crippen LogP contribution in [0.3, 0.4) is 0 Å². The average Bonchev–Trinajstić information content (AvgIpc) is 2.34. The Bertz CT molecular complexity index is 382. The van der Waals surface area contributed by atoms with Gasteiger partial charge in [0.2, 0.25) is 0 Å². The van der Waals surface area contributed by atoms with Crippen LogP contribution in [0.2, 0.25) is 0 Å². The van der Waals surface area contributed by atoms with Gasteiger partial charge in [-0.1, -0.05) is 12.1 Å². The van der Waals surface area contributed by atoms with Gasteiger partial charge in [-0.15, -0.1) is 0 Å². The molecule has 0 amide bonds. The fraction of sp³-hybridized carbons (Fsp3) is 0.455. The van der Waals surface area contributed by atoms with Crippen LogP contribution >= 0.6 is 0 Å². The second-order valence-electron chi connectivity index (χ2n) is 3.65. The predicted molar refractivity (Wildman–Crippen MR) is 65.8 cm³/mol. The molecule has 6 nitrogen and oxygen atoms in total. The fourth-order valence-corrected chi connectivity index (χ4v) is 1.56. The number of aliphatic hydroxyl groups is 1. The maximum atomic E-state index is 10.8. The Morgan fingerprint density at radius 2 is 2.18 bits per heavy atom. The standard InChI is InChI=1S/C11H17N3O3/c12-6-1-2-7-13-11-9(8-15)4-3-5-10(11)14(16)17/h3-5,13,15H,1-2,6-8,12H2. The molecule has 0 saturated carbocycles. The fourth-order valence-electron chi connectivity index (χ4n) is 1.56. The Kier molecular flexibility index (Phi) is 5.38. The van der Waals surface area contributed by atoms with E-state index in [2.05, 4.69) is 5.32 Å². The molecule has 0 heterocycles. The Balaban J connectivity index is 2.82. The second-order valence-corrected chi connectivity index (χ2v) is 3.65. The minimum absolute atomic E-state index is 0.00991. The molecule has 0 aliphatic rings. The third-order valence-corrected chi connectivity index (χ3v) is 2.43. The van der Waals surface area contributed by atoms with Crippen molar-refractivity contribution in [3.05, 3.63) is 33.9 Å². The molecular formula is C11H17N3O3. The van der Waals surface area contributed by atoms with E-state index in [1.54, 1.807) is 12.1 Å². The number of nitrogens with two attached hydrogens (primary N) is 1. The third kappa shape index (κ3) is 3.69. The molecule has 0 radical (unpaired) electrons. The van der Waals surface area contributed by atoms with Gasteiger partial charge in [-0.05, 0) is 19.4 Å². The molecule has 1 aromatic rings. The minimum Gasteiger partial charge on any atom is -0.392 e. The van der Waals surface area contributed by atoms with Gasteiger partial charge in [0.1, 0.15) is 5.69 Å². The first-order chi connectivity index (χ1) is 8.20. The molecule has 0 bridgehead atoms. The first-order valence-electron chi connectivity index (χ1n) is 5.51. The van der Waals surface area contributed by atoms with Crippen LogP contribution in [0.5, 0.6) is 0 Å². The highest BCUT2D eigenvalue weighted by Gasteiger charge is 2.16. The zero-order chi connectivity index (χ0) is 12.7. The number of anilines is 1. The SMILES string of the molecule is NCCCCNc1c(CO)cccc1[N+](=O)[O-]. The van der Waals surface area contributed by atoms with Crippen LogP contribution < -0.4 is 11.1 Å². The van der Waals surface area contributed by atoms with Crippen LogP contribution in [0, 0.1) is 10.1 Å². The highest BCUT2D eigenvalue weighted by Crippen LogP contribution is 2.28. The van der Waals surface area contributed by atoms with E-state index in [0.29, 0.717) is 24.3 Å². The van der Waals surface area contributed by atoms with E-state index in [1.807, 2.05) is 0 Å². The largest absolute Gasteiger partial charge is 0.392 e. The number of rotatable bonds is 7. The summed E-state index contributed by atoms with van der Waals surface area (Å²) in [4.78, 5) is 10.4. The highest BCUT2D eigenvalue weighted by atomic mass is 16.6. The molecule has 0 aliphatic carbocycles. The Hall–Kier alpha value is -1.66. The van der Waals surface area contributed by atoms with Gasteiger partial charge >= 0.3 is 0 Å². The number of nitrogens with zero attached hydrogens (tertiary/aromatic N) is 1. The van der Waals surface area contributed by atoms with Crippen molar-refractivity contribution >= 4 is 11.4 Å². The predicted octanol–water partition coefficient (Wildman–Crippen LogP) is 1.24. The molecule has 17 heavy (non-hydrogen) atoms. The van der Waals surface area contributed by atoms with Gasteiger partial charge in [0.05, 0.1) is 11.5 Å². The normalized spacial score (nSPS) is 10.2. The number of benzene rings is 1. The van der Waals surface area contributed by atoms with Gasteiger partial charge in [-0.25, -0.2) is 0 Å². The van der Waals surface area contributed by atoms with Crippen molar-refractivity contribution in [2.75, 3.05) is 18.4 Å². The molecule has 4 N–H and O–H groups in total. The molecule has 0 saturated heterocycles. The summed E-state index contributed by atoms with van der Waals surface area (Å²) in [6.45, 7) is 0.987. The summed E-state index contributed by atoms with van der Waals surface area (Å²) >= 11 is 0. The first-order valence-corrected chi connectivity index (χ1v) is 5.51. The first kappa shape index (κ1) is 13.4. The zero-order valence-electron chi connectivity index (χ0n) is 9.56. The zero-order valence-corrected chi connectivity index (χ0v) is 9.56. The molecule has 0 aromatic heterocycles. The molecule has 94 valence electrons. The number of hydrogen-bond acceptors (Lipinski definition) is 5. The molecule has 0 aliphatic heterocycles. The lowest BCUT2D eigenvalue weighted by Crippen LogP contribution is -2.09. The maximum Gasteiger partial charge on any atom is 0.292 e. The number of nitro groups is 1. The molecule has 0 fully saturated rings. The van der Waals surface area contributed by atoms with E-state index >= 15 is 0 Å². The number of nitro benzene ring substituents is 1. The maximum absolute atomic E-state index is 10.8. The van der Waals surface area contributed by atoms with E-state index in [-0.39, 0.29) is 12.3 Å². The molecular weight excluding hydrogens is 222 g/mol. The summed E-state index contributed by atoms with van der Waals surface area (Å²) in [5.41, 5.74) is 6.29. The lowest BCUT2D eigenvalue weighted by Gasteiger charge is -2.10. The summed E-state index contributed by atoms with van der Waals surface area (Å²) < 4.78 is 0. The quantitative estimate of drug-likeness (QED) is 0.377. The van der Waals surface area contributed by atoms with Crippen molar-refractivity contribution in [2.24, 2.45) is 5.73 Å². The Labute approximate surface area is 99.6 Å². The third-order valence-electron chi connectivity index (χ3n) is 2.43. The lowest BCUT2D eigenvalue weighted by molar-refractivity contribution is -0.384. The van der Waals surface area contributed by atoms with Crippen LogP contribution in [0.1, 0.15) is 18.4 Å². The minimum atomic E-state index is -0.454. The van der Waals surface area contributed by atoms with E-state index in [1.165, 1.54) is 6.07 Å². The van der Waals surface area contributed by atoms with Crippen molar-refractivity contribution in [1.29, 1.82) is 0 Å². The van der Waals surface area contributed by atoms with Crippen LogP contribution in [-0.2, 0) is 6.61 Å². The van der Waals surface area contributed by atoms with E-state index in [9.17, 15) is 10.1 Å². The van der Waals surface area contributed by atoms with E-state index < -0.39 is 4.92 Å². The van der Waals surface area contributed by atoms with Gasteiger partial charge in [-0.2, -0.15) is 0 Å². The second kappa shape index (κ2) is 6.82. The molecule has 0 spiro atoms. The van der Waals surface area contributed by atoms with Gasteiger partial charge in [0.15, 0.2) is 0 Å². The van der Waals surface area contributed by atoms with E-state index in [4.69, 9.17) is 10.8 Å². The number of nitrogens with one attached hydrogen (secondary N) is 1. The molecule has 0 unspecified atom stereocenters. The van der Waals surface area contributed by atoms with E-state index in [0.717, 1.165) is 12.8 Å². The summed E-state index contributed by atoms with van der Waals surface area (Å²) in [6, 6.07) is 4.65. The van der Waals surface area contributed by atoms with Crippen molar-refractivity contribution in [2.45, 2.75) is 19.4 Å². The summed E-state index contributed by atoms with van der Waals surface area (Å²) in [5, 5.41) is 23.0. The van der Waals surface area contributed by atoms with Crippen molar-refractivity contribution in [1.82, 2.24) is 0 Å². The molecule has 1 rings (SSSR count). The van der Waals surface area contributed by atoms with Crippen LogP contribution in [0.15, 0.2) is 18.2 Å². The van der Waals surface area contributed by atoms with Crippen molar-refractivity contribution in [3.63, 3.8) is 0 Å². The topological polar surface area (TPSA) is 101 Å². The van der Waals surface area contributed by atoms with Gasteiger partial charge in [0, 0.05) is 18.2 Å².